The maximum absolute atomic E-state index is 11.8. The summed E-state index contributed by atoms with van der Waals surface area (Å²) in [5.74, 6) is -0.196. The molecule has 0 aliphatic rings. The van der Waals surface area contributed by atoms with Crippen molar-refractivity contribution in [3.63, 3.8) is 0 Å². The van der Waals surface area contributed by atoms with Gasteiger partial charge < -0.3 is 10.3 Å². The summed E-state index contributed by atoms with van der Waals surface area (Å²) >= 11 is 0. The zero-order valence-electron chi connectivity index (χ0n) is 11.1. The van der Waals surface area contributed by atoms with Crippen LogP contribution in [-0.2, 0) is 13.5 Å². The van der Waals surface area contributed by atoms with Gasteiger partial charge in [-0.05, 0) is 18.1 Å². The molecule has 0 radical (unpaired) electrons. The highest BCUT2D eigenvalue weighted by Gasteiger charge is 2.09. The molecule has 0 bridgehead atoms. The second kappa shape index (κ2) is 5.16. The molecule has 6 heteroatoms. The Morgan fingerprint density at radius 2 is 2.25 bits per heavy atom. The highest BCUT2D eigenvalue weighted by Crippen LogP contribution is 2.17. The molecule has 2 N–H and O–H groups in total. The third-order valence-corrected chi connectivity index (χ3v) is 3.19. The van der Waals surface area contributed by atoms with E-state index in [1.54, 1.807) is 7.05 Å². The number of nitrogens with zero attached hydrogens (tertiary/aromatic N) is 3. The first kappa shape index (κ1) is 12.4. The lowest BCUT2D eigenvalue weighted by atomic mass is 10.1. The van der Waals surface area contributed by atoms with Crippen LogP contribution in [0, 0.1) is 0 Å². The molecular formula is C14H15N5O. The van der Waals surface area contributed by atoms with Crippen LogP contribution in [0.5, 0.6) is 0 Å². The molecule has 6 nitrogen and oxygen atoms in total. The quantitative estimate of drug-likeness (QED) is 0.749. The fraction of sp³-hybridized carbons (Fsp3) is 0.214. The Hall–Kier alpha value is -2.63. The minimum atomic E-state index is -0.196. The smallest absolute Gasteiger partial charge is 0.273 e. The Bertz CT molecular complexity index is 743. The average molecular weight is 269 g/mol. The molecular weight excluding hydrogens is 254 g/mol. The van der Waals surface area contributed by atoms with Gasteiger partial charge in [0.2, 0.25) is 0 Å². The van der Waals surface area contributed by atoms with Crippen molar-refractivity contribution >= 4 is 16.8 Å². The average Bonchev–Trinajstić information content (AvgIpc) is 3.06. The van der Waals surface area contributed by atoms with Crippen LogP contribution in [-0.4, -0.2) is 32.4 Å². The summed E-state index contributed by atoms with van der Waals surface area (Å²) in [5.41, 5.74) is 2.65. The molecule has 2 heterocycles. The summed E-state index contributed by atoms with van der Waals surface area (Å²) in [6, 6.07) is 8.12. The summed E-state index contributed by atoms with van der Waals surface area (Å²) in [6.45, 7) is 0.567. The standard InChI is InChI=1S/C14H15N5O/c1-19-17-9-13(18-19)14(20)15-7-6-10-8-16-12-5-3-2-4-11(10)12/h2-5,8-9,16H,6-7H2,1H3,(H,15,20). The minimum Gasteiger partial charge on any atom is -0.361 e. The molecule has 3 rings (SSSR count). The van der Waals surface area contributed by atoms with Crippen molar-refractivity contribution in [2.75, 3.05) is 6.54 Å². The van der Waals surface area contributed by atoms with Crippen molar-refractivity contribution in [3.8, 4) is 0 Å². The van der Waals surface area contributed by atoms with Crippen LogP contribution in [0.15, 0.2) is 36.7 Å². The summed E-state index contributed by atoms with van der Waals surface area (Å²) in [4.78, 5) is 16.4. The zero-order valence-corrected chi connectivity index (χ0v) is 11.1. The molecule has 1 amide bonds. The number of hydrogen-bond acceptors (Lipinski definition) is 3. The van der Waals surface area contributed by atoms with Crippen molar-refractivity contribution in [2.24, 2.45) is 7.05 Å². The molecule has 2 aromatic heterocycles. The van der Waals surface area contributed by atoms with Gasteiger partial charge in [-0.25, -0.2) is 0 Å². The van der Waals surface area contributed by atoms with Gasteiger partial charge in [0.15, 0.2) is 5.69 Å². The number of carbonyl (C=O) groups is 1. The van der Waals surface area contributed by atoms with Crippen LogP contribution in [0.25, 0.3) is 10.9 Å². The first-order valence-corrected chi connectivity index (χ1v) is 6.43. The van der Waals surface area contributed by atoms with Crippen LogP contribution in [0.3, 0.4) is 0 Å². The normalized spacial score (nSPS) is 10.8. The number of amides is 1. The summed E-state index contributed by atoms with van der Waals surface area (Å²) in [6.07, 6.45) is 4.22. The van der Waals surface area contributed by atoms with E-state index in [1.165, 1.54) is 21.9 Å². The lowest BCUT2D eigenvalue weighted by Gasteiger charge is -2.02. The second-order valence-corrected chi connectivity index (χ2v) is 4.58. The van der Waals surface area contributed by atoms with Crippen molar-refractivity contribution in [1.82, 2.24) is 25.3 Å². The van der Waals surface area contributed by atoms with Crippen LogP contribution < -0.4 is 5.32 Å². The van der Waals surface area contributed by atoms with Crippen LogP contribution in [0.1, 0.15) is 16.1 Å². The lowest BCUT2D eigenvalue weighted by Crippen LogP contribution is -2.26. The highest BCUT2D eigenvalue weighted by molar-refractivity contribution is 5.91. The molecule has 0 fully saturated rings. The third kappa shape index (κ3) is 2.40. The molecule has 0 aliphatic carbocycles. The number of aryl methyl sites for hydroxylation is 1. The SMILES string of the molecule is Cn1ncc(C(=O)NCCc2c[nH]c3ccccc23)n1. The molecule has 0 spiro atoms. The maximum Gasteiger partial charge on any atom is 0.273 e. The molecule has 0 aliphatic heterocycles. The summed E-state index contributed by atoms with van der Waals surface area (Å²) in [5, 5.41) is 11.9. The number of para-hydroxylation sites is 1. The number of hydrogen-bond donors (Lipinski definition) is 2. The summed E-state index contributed by atoms with van der Waals surface area (Å²) in [7, 11) is 1.68. The van der Waals surface area contributed by atoms with Crippen LogP contribution >= 0.6 is 0 Å². The number of rotatable bonds is 4. The van der Waals surface area contributed by atoms with E-state index in [4.69, 9.17) is 0 Å². The molecule has 0 unspecified atom stereocenters. The van der Waals surface area contributed by atoms with Crippen molar-refractivity contribution in [1.29, 1.82) is 0 Å². The number of H-pyrrole nitrogens is 1. The Labute approximate surface area is 115 Å². The number of benzene rings is 1. The van der Waals surface area contributed by atoms with Crippen molar-refractivity contribution in [2.45, 2.75) is 6.42 Å². The van der Waals surface area contributed by atoms with Crippen molar-refractivity contribution < 1.29 is 4.79 Å². The number of aromatic amines is 1. The first-order chi connectivity index (χ1) is 9.74. The fourth-order valence-corrected chi connectivity index (χ4v) is 2.19. The predicted octanol–water partition coefficient (Wildman–Crippen LogP) is 1.27. The summed E-state index contributed by atoms with van der Waals surface area (Å²) < 4.78 is 0. The van der Waals surface area contributed by atoms with E-state index in [9.17, 15) is 4.79 Å². The van der Waals surface area contributed by atoms with E-state index in [1.807, 2.05) is 24.4 Å². The molecule has 20 heavy (non-hydrogen) atoms. The van der Waals surface area contributed by atoms with E-state index in [0.29, 0.717) is 12.2 Å². The monoisotopic (exact) mass is 269 g/mol. The van der Waals surface area contributed by atoms with E-state index >= 15 is 0 Å². The van der Waals surface area contributed by atoms with Gasteiger partial charge >= 0.3 is 0 Å². The molecule has 0 atom stereocenters. The largest absolute Gasteiger partial charge is 0.361 e. The van der Waals surface area contributed by atoms with E-state index in [-0.39, 0.29) is 5.91 Å². The Morgan fingerprint density at radius 1 is 1.40 bits per heavy atom. The maximum atomic E-state index is 11.8. The fourth-order valence-electron chi connectivity index (χ4n) is 2.19. The Morgan fingerprint density at radius 3 is 3.05 bits per heavy atom. The van der Waals surface area contributed by atoms with Gasteiger partial charge in [0.05, 0.1) is 6.20 Å². The predicted molar refractivity (Wildman–Crippen MR) is 75.3 cm³/mol. The van der Waals surface area contributed by atoms with Crippen molar-refractivity contribution in [3.05, 3.63) is 47.9 Å². The van der Waals surface area contributed by atoms with Gasteiger partial charge in [0, 0.05) is 30.7 Å². The minimum absolute atomic E-state index is 0.196. The zero-order chi connectivity index (χ0) is 13.9. The lowest BCUT2D eigenvalue weighted by molar-refractivity contribution is 0.0948. The molecule has 1 aromatic carbocycles. The molecule has 102 valence electrons. The van der Waals surface area contributed by atoms with Crippen LogP contribution in [0.2, 0.25) is 0 Å². The third-order valence-electron chi connectivity index (χ3n) is 3.19. The van der Waals surface area contributed by atoms with E-state index in [2.05, 4.69) is 26.6 Å². The Balaban J connectivity index is 1.61. The van der Waals surface area contributed by atoms with Gasteiger partial charge in [-0.3, -0.25) is 4.79 Å². The van der Waals surface area contributed by atoms with E-state index < -0.39 is 0 Å². The topological polar surface area (TPSA) is 75.6 Å². The number of aromatic nitrogens is 4. The van der Waals surface area contributed by atoms with Gasteiger partial charge in [-0.1, -0.05) is 18.2 Å². The first-order valence-electron chi connectivity index (χ1n) is 6.43. The molecule has 0 saturated heterocycles. The second-order valence-electron chi connectivity index (χ2n) is 4.58. The molecule has 0 saturated carbocycles. The number of fused-ring (bicyclic) bond motifs is 1. The van der Waals surface area contributed by atoms with Gasteiger partial charge in [-0.2, -0.15) is 9.90 Å². The Kier molecular flexibility index (Phi) is 3.20. The van der Waals surface area contributed by atoms with Gasteiger partial charge in [0.1, 0.15) is 0 Å². The van der Waals surface area contributed by atoms with E-state index in [0.717, 1.165) is 11.9 Å². The van der Waals surface area contributed by atoms with Crippen LogP contribution in [0.4, 0.5) is 0 Å². The van der Waals surface area contributed by atoms with Gasteiger partial charge in [0.25, 0.3) is 5.91 Å². The number of nitrogens with one attached hydrogen (secondary N) is 2. The highest BCUT2D eigenvalue weighted by atomic mass is 16.2. The number of carbonyl (C=O) groups excluding carboxylic acids is 1. The van der Waals surface area contributed by atoms with Gasteiger partial charge in [-0.15, -0.1) is 5.10 Å². The molecule has 3 aromatic rings.